The molecular formula is C6H6N2O2. The average molecular weight is 138 g/mol. The number of hydrogen-bond acceptors (Lipinski definition) is 3. The molecule has 0 heterocycles. The monoisotopic (exact) mass is 138 g/mol. The molecule has 0 bridgehead atoms. The Bertz CT molecular complexity index is 200. The molecule has 0 aliphatic rings. The number of nitrogens with zero attached hydrogens (tertiary/aromatic N) is 1. The van der Waals surface area contributed by atoms with Crippen LogP contribution in [0.3, 0.4) is 0 Å². The molecule has 0 aliphatic carbocycles. The van der Waals surface area contributed by atoms with Gasteiger partial charge in [-0.25, -0.2) is 0 Å². The molecular weight excluding hydrogens is 132 g/mol. The highest BCUT2D eigenvalue weighted by Crippen LogP contribution is 2.05. The van der Waals surface area contributed by atoms with Gasteiger partial charge in [-0.3, -0.25) is 0 Å². The number of rotatable bonds is 3. The average Bonchev–Trinajstić information content (AvgIpc) is 2.03. The summed E-state index contributed by atoms with van der Waals surface area (Å²) in [6.07, 6.45) is 0. The Morgan fingerprint density at radius 1 is 1.30 bits per heavy atom. The van der Waals surface area contributed by atoms with E-state index in [-0.39, 0.29) is 0 Å². The number of nitroso groups, excluding NO2 is 1. The molecule has 1 aromatic rings. The highest BCUT2D eigenvalue weighted by atomic mass is 16.7. The molecule has 0 atom stereocenters. The molecule has 10 heavy (non-hydrogen) atoms. The quantitative estimate of drug-likeness (QED) is 0.505. The van der Waals surface area contributed by atoms with Gasteiger partial charge in [0.1, 0.15) is 0 Å². The summed E-state index contributed by atoms with van der Waals surface area (Å²) in [5.74, 6) is 0.558. The van der Waals surface area contributed by atoms with Crippen molar-refractivity contribution >= 4 is 0 Å². The van der Waals surface area contributed by atoms with Crippen molar-refractivity contribution in [3.8, 4) is 5.75 Å². The van der Waals surface area contributed by atoms with Crippen molar-refractivity contribution < 1.29 is 4.84 Å². The summed E-state index contributed by atoms with van der Waals surface area (Å²) in [5.41, 5.74) is 1.83. The van der Waals surface area contributed by atoms with Crippen LogP contribution in [0.1, 0.15) is 0 Å². The first-order chi connectivity index (χ1) is 4.93. The predicted molar refractivity (Wildman–Crippen MR) is 36.0 cm³/mol. The minimum atomic E-state index is 0.558. The van der Waals surface area contributed by atoms with Crippen LogP contribution in [0.2, 0.25) is 0 Å². The molecule has 0 spiro atoms. The van der Waals surface area contributed by atoms with E-state index in [2.05, 4.69) is 10.1 Å². The maximum absolute atomic E-state index is 9.49. The van der Waals surface area contributed by atoms with E-state index in [1.54, 1.807) is 24.3 Å². The van der Waals surface area contributed by atoms with E-state index in [9.17, 15) is 4.91 Å². The van der Waals surface area contributed by atoms with Crippen LogP contribution in [-0.4, -0.2) is 0 Å². The number of benzene rings is 1. The minimum absolute atomic E-state index is 0.558. The Morgan fingerprint density at radius 2 is 2.00 bits per heavy atom. The van der Waals surface area contributed by atoms with E-state index >= 15 is 0 Å². The number of para-hydroxylation sites is 1. The fourth-order valence-corrected chi connectivity index (χ4v) is 0.560. The third kappa shape index (κ3) is 1.74. The normalized spacial score (nSPS) is 8.40. The zero-order chi connectivity index (χ0) is 7.23. The van der Waals surface area contributed by atoms with E-state index in [4.69, 9.17) is 0 Å². The van der Waals surface area contributed by atoms with Crippen LogP contribution < -0.4 is 10.4 Å². The molecule has 1 rings (SSSR count). The van der Waals surface area contributed by atoms with Crippen molar-refractivity contribution in [1.29, 1.82) is 0 Å². The Morgan fingerprint density at radius 3 is 2.60 bits per heavy atom. The van der Waals surface area contributed by atoms with Gasteiger partial charge < -0.3 is 4.84 Å². The second-order valence-electron chi connectivity index (χ2n) is 1.60. The van der Waals surface area contributed by atoms with Gasteiger partial charge in [-0.1, -0.05) is 18.2 Å². The summed E-state index contributed by atoms with van der Waals surface area (Å²) >= 11 is 0. The van der Waals surface area contributed by atoms with Gasteiger partial charge in [0.25, 0.3) is 0 Å². The molecule has 0 fully saturated rings. The van der Waals surface area contributed by atoms with Crippen LogP contribution in [0.5, 0.6) is 5.75 Å². The summed E-state index contributed by atoms with van der Waals surface area (Å²) in [6, 6.07) is 8.85. The molecule has 0 radical (unpaired) electrons. The second-order valence-corrected chi connectivity index (χ2v) is 1.60. The molecule has 0 aromatic heterocycles. The summed E-state index contributed by atoms with van der Waals surface area (Å²) in [7, 11) is 0. The molecule has 1 aromatic carbocycles. The van der Waals surface area contributed by atoms with Gasteiger partial charge >= 0.3 is 0 Å². The maximum Gasteiger partial charge on any atom is 0.157 e. The molecule has 4 nitrogen and oxygen atoms in total. The Kier molecular flexibility index (Phi) is 2.25. The van der Waals surface area contributed by atoms with Crippen LogP contribution in [0.15, 0.2) is 35.6 Å². The lowest BCUT2D eigenvalue weighted by atomic mass is 10.3. The van der Waals surface area contributed by atoms with Crippen LogP contribution in [0, 0.1) is 4.91 Å². The molecule has 4 heteroatoms. The van der Waals surface area contributed by atoms with Crippen molar-refractivity contribution in [3.63, 3.8) is 0 Å². The summed E-state index contributed by atoms with van der Waals surface area (Å²) in [6.45, 7) is 0. The van der Waals surface area contributed by atoms with Gasteiger partial charge in [-0.15, -0.1) is 10.5 Å². The fraction of sp³-hybridized carbons (Fsp3) is 0. The van der Waals surface area contributed by atoms with Crippen molar-refractivity contribution in [1.82, 2.24) is 5.59 Å². The van der Waals surface area contributed by atoms with Gasteiger partial charge in [0.2, 0.25) is 0 Å². The fourth-order valence-electron chi connectivity index (χ4n) is 0.560. The van der Waals surface area contributed by atoms with E-state index in [1.165, 1.54) is 0 Å². The zero-order valence-electron chi connectivity index (χ0n) is 5.15. The second kappa shape index (κ2) is 3.45. The molecule has 0 unspecified atom stereocenters. The topological polar surface area (TPSA) is 50.7 Å². The third-order valence-corrected chi connectivity index (χ3v) is 0.944. The highest BCUT2D eigenvalue weighted by molar-refractivity contribution is 5.20. The first kappa shape index (κ1) is 6.54. The Balaban J connectivity index is 2.50. The van der Waals surface area contributed by atoms with Crippen LogP contribution >= 0.6 is 0 Å². The Hall–Kier alpha value is -1.58. The van der Waals surface area contributed by atoms with Crippen molar-refractivity contribution in [2.45, 2.75) is 0 Å². The molecule has 0 saturated heterocycles. The molecule has 52 valence electrons. The first-order valence-electron chi connectivity index (χ1n) is 2.73. The number of nitrogens with one attached hydrogen (secondary N) is 1. The Labute approximate surface area is 57.7 Å². The lowest BCUT2D eigenvalue weighted by Gasteiger charge is -1.97. The largest absolute Gasteiger partial charge is 0.363 e. The molecule has 1 N–H and O–H groups in total. The van der Waals surface area contributed by atoms with Crippen molar-refractivity contribution in [2.24, 2.45) is 5.29 Å². The predicted octanol–water partition coefficient (Wildman–Crippen LogP) is 1.25. The van der Waals surface area contributed by atoms with Crippen molar-refractivity contribution in [2.75, 3.05) is 0 Å². The van der Waals surface area contributed by atoms with Crippen molar-refractivity contribution in [3.05, 3.63) is 35.2 Å². The van der Waals surface area contributed by atoms with E-state index in [0.717, 1.165) is 0 Å². The van der Waals surface area contributed by atoms with Gasteiger partial charge in [0.05, 0.1) is 5.29 Å². The zero-order valence-corrected chi connectivity index (χ0v) is 5.15. The summed E-state index contributed by atoms with van der Waals surface area (Å²) < 4.78 is 0. The first-order valence-corrected chi connectivity index (χ1v) is 2.73. The number of hydrogen-bond donors (Lipinski definition) is 1. The lowest BCUT2D eigenvalue weighted by molar-refractivity contribution is 0.199. The molecule has 0 amide bonds. The van der Waals surface area contributed by atoms with E-state index < -0.39 is 0 Å². The molecule has 0 aliphatic heterocycles. The van der Waals surface area contributed by atoms with E-state index in [1.807, 2.05) is 11.7 Å². The lowest BCUT2D eigenvalue weighted by Crippen LogP contribution is -2.08. The summed E-state index contributed by atoms with van der Waals surface area (Å²) in [5, 5.41) is 2.31. The van der Waals surface area contributed by atoms with Crippen LogP contribution in [-0.2, 0) is 0 Å². The minimum Gasteiger partial charge on any atom is -0.363 e. The smallest absolute Gasteiger partial charge is 0.157 e. The SMILES string of the molecule is O=NNOc1ccccc1. The standard InChI is InChI=1S/C6H6N2O2/c9-7-8-10-6-4-2-1-3-5-6/h1-5H,(H,8,9). The summed E-state index contributed by atoms with van der Waals surface area (Å²) in [4.78, 5) is 14.1. The third-order valence-electron chi connectivity index (χ3n) is 0.944. The maximum atomic E-state index is 9.49. The van der Waals surface area contributed by atoms with Gasteiger partial charge in [0.15, 0.2) is 5.75 Å². The van der Waals surface area contributed by atoms with Gasteiger partial charge in [-0.2, -0.15) is 0 Å². The van der Waals surface area contributed by atoms with Crippen LogP contribution in [0.4, 0.5) is 0 Å². The molecule has 0 saturated carbocycles. The highest BCUT2D eigenvalue weighted by Gasteiger charge is 1.86. The van der Waals surface area contributed by atoms with E-state index in [0.29, 0.717) is 5.75 Å². The van der Waals surface area contributed by atoms with Gasteiger partial charge in [0, 0.05) is 0 Å². The van der Waals surface area contributed by atoms with Crippen LogP contribution in [0.25, 0.3) is 0 Å². The van der Waals surface area contributed by atoms with Gasteiger partial charge in [-0.05, 0) is 12.1 Å².